The number of hydrogen-bond acceptors (Lipinski definition) is 2. The quantitative estimate of drug-likeness (QED) is 0.610. The summed E-state index contributed by atoms with van der Waals surface area (Å²) in [4.78, 5) is 10.5. The maximum Gasteiger partial charge on any atom is 0.511 e. The monoisotopic (exact) mass is 208 g/mol. The van der Waals surface area contributed by atoms with Crippen molar-refractivity contribution in [3.05, 3.63) is 29.3 Å². The molecular weight excluding hydrogens is 192 g/mol. The van der Waals surface area contributed by atoms with Crippen LogP contribution in [0.25, 0.3) is 0 Å². The molecule has 0 atom stereocenters. The standard InChI is InChI=1S/C12H16O3/c1-3-6-9-7-5-8-11(10(9)4-2)15-12(13)14/h5,7-8H,3-4,6H2,1-2H3,(H,13,14). The molecule has 0 saturated carbocycles. The molecule has 15 heavy (non-hydrogen) atoms. The van der Waals surface area contributed by atoms with Gasteiger partial charge in [-0.15, -0.1) is 0 Å². The highest BCUT2D eigenvalue weighted by molar-refractivity contribution is 5.62. The number of ether oxygens (including phenoxy) is 1. The van der Waals surface area contributed by atoms with Crippen LogP contribution in [0.5, 0.6) is 5.75 Å². The van der Waals surface area contributed by atoms with Gasteiger partial charge in [0.1, 0.15) is 5.75 Å². The molecule has 1 rings (SSSR count). The van der Waals surface area contributed by atoms with E-state index in [9.17, 15) is 4.79 Å². The summed E-state index contributed by atoms with van der Waals surface area (Å²) >= 11 is 0. The normalized spacial score (nSPS) is 10.0. The van der Waals surface area contributed by atoms with Crippen LogP contribution in [0, 0.1) is 0 Å². The van der Waals surface area contributed by atoms with Gasteiger partial charge in [-0.1, -0.05) is 32.4 Å². The summed E-state index contributed by atoms with van der Waals surface area (Å²) in [5.74, 6) is 0.468. The van der Waals surface area contributed by atoms with Crippen molar-refractivity contribution in [2.24, 2.45) is 0 Å². The average Bonchev–Trinajstić information content (AvgIpc) is 2.18. The van der Waals surface area contributed by atoms with Crippen LogP contribution in [-0.2, 0) is 12.8 Å². The van der Waals surface area contributed by atoms with Crippen LogP contribution in [0.3, 0.4) is 0 Å². The molecule has 1 aromatic rings. The highest BCUT2D eigenvalue weighted by Crippen LogP contribution is 2.24. The predicted octanol–water partition coefficient (Wildman–Crippen LogP) is 3.26. The van der Waals surface area contributed by atoms with E-state index >= 15 is 0 Å². The Morgan fingerprint density at radius 3 is 2.67 bits per heavy atom. The van der Waals surface area contributed by atoms with Crippen molar-refractivity contribution in [3.63, 3.8) is 0 Å². The van der Waals surface area contributed by atoms with Crippen molar-refractivity contribution in [1.29, 1.82) is 0 Å². The van der Waals surface area contributed by atoms with Gasteiger partial charge in [-0.3, -0.25) is 0 Å². The molecule has 1 N–H and O–H groups in total. The molecule has 0 radical (unpaired) electrons. The smallest absolute Gasteiger partial charge is 0.449 e. The van der Waals surface area contributed by atoms with Gasteiger partial charge >= 0.3 is 6.16 Å². The third-order valence-corrected chi connectivity index (χ3v) is 2.30. The SMILES string of the molecule is CCCc1cccc(OC(=O)O)c1CC. The summed E-state index contributed by atoms with van der Waals surface area (Å²) in [5, 5.41) is 8.59. The zero-order valence-corrected chi connectivity index (χ0v) is 9.12. The minimum atomic E-state index is -1.25. The number of carboxylic acid groups (broad SMARTS) is 1. The summed E-state index contributed by atoms with van der Waals surface area (Å²) in [6.07, 6.45) is 1.54. The molecule has 0 aromatic heterocycles. The van der Waals surface area contributed by atoms with Gasteiger partial charge in [0.25, 0.3) is 0 Å². The first-order chi connectivity index (χ1) is 7.19. The van der Waals surface area contributed by atoms with Gasteiger partial charge in [0.05, 0.1) is 0 Å². The molecule has 1 aromatic carbocycles. The summed E-state index contributed by atoms with van der Waals surface area (Å²) in [5.41, 5.74) is 2.18. The van der Waals surface area contributed by atoms with E-state index in [1.807, 2.05) is 19.1 Å². The van der Waals surface area contributed by atoms with Crippen LogP contribution < -0.4 is 4.74 Å². The van der Waals surface area contributed by atoms with Gasteiger partial charge in [0.2, 0.25) is 0 Å². The molecule has 0 saturated heterocycles. The van der Waals surface area contributed by atoms with E-state index in [1.165, 1.54) is 5.56 Å². The van der Waals surface area contributed by atoms with E-state index < -0.39 is 6.16 Å². The van der Waals surface area contributed by atoms with E-state index in [0.29, 0.717) is 5.75 Å². The van der Waals surface area contributed by atoms with Gasteiger partial charge < -0.3 is 9.84 Å². The lowest BCUT2D eigenvalue weighted by Gasteiger charge is -2.11. The zero-order valence-electron chi connectivity index (χ0n) is 9.12. The molecule has 0 aliphatic heterocycles. The zero-order chi connectivity index (χ0) is 11.3. The number of aryl methyl sites for hydroxylation is 1. The van der Waals surface area contributed by atoms with E-state index in [0.717, 1.165) is 24.8 Å². The van der Waals surface area contributed by atoms with Gasteiger partial charge in [0, 0.05) is 0 Å². The van der Waals surface area contributed by atoms with Gasteiger partial charge in [-0.05, 0) is 30.0 Å². The predicted molar refractivity (Wildman–Crippen MR) is 58.5 cm³/mol. The van der Waals surface area contributed by atoms with Crippen molar-refractivity contribution in [2.45, 2.75) is 33.1 Å². The fraction of sp³-hybridized carbons (Fsp3) is 0.417. The van der Waals surface area contributed by atoms with Gasteiger partial charge in [-0.25, -0.2) is 4.79 Å². The average molecular weight is 208 g/mol. The maximum absolute atomic E-state index is 10.5. The van der Waals surface area contributed by atoms with Crippen molar-refractivity contribution in [1.82, 2.24) is 0 Å². The lowest BCUT2D eigenvalue weighted by atomic mass is 10.0. The molecule has 0 amide bonds. The lowest BCUT2D eigenvalue weighted by Crippen LogP contribution is -2.06. The second-order valence-corrected chi connectivity index (χ2v) is 3.37. The van der Waals surface area contributed by atoms with Crippen LogP contribution in [0.4, 0.5) is 4.79 Å². The Bertz CT molecular complexity index is 345. The number of rotatable bonds is 4. The van der Waals surface area contributed by atoms with E-state index in [2.05, 4.69) is 6.92 Å². The highest BCUT2D eigenvalue weighted by atomic mass is 16.7. The Balaban J connectivity index is 3.04. The third-order valence-electron chi connectivity index (χ3n) is 2.30. The molecule has 0 aliphatic rings. The Morgan fingerprint density at radius 1 is 1.40 bits per heavy atom. The Kier molecular flexibility index (Phi) is 4.16. The fourth-order valence-corrected chi connectivity index (χ4v) is 1.71. The fourth-order valence-electron chi connectivity index (χ4n) is 1.71. The molecule has 3 nitrogen and oxygen atoms in total. The summed E-state index contributed by atoms with van der Waals surface area (Å²) < 4.78 is 4.74. The maximum atomic E-state index is 10.5. The van der Waals surface area contributed by atoms with Gasteiger partial charge in [0.15, 0.2) is 0 Å². The number of benzene rings is 1. The van der Waals surface area contributed by atoms with Crippen LogP contribution in [-0.4, -0.2) is 11.3 Å². The molecular formula is C12H16O3. The van der Waals surface area contributed by atoms with Crippen molar-refractivity contribution < 1.29 is 14.6 Å². The first kappa shape index (κ1) is 11.6. The number of hydrogen-bond donors (Lipinski definition) is 1. The second kappa shape index (κ2) is 5.39. The topological polar surface area (TPSA) is 46.5 Å². The van der Waals surface area contributed by atoms with Crippen LogP contribution in [0.1, 0.15) is 31.4 Å². The van der Waals surface area contributed by atoms with Gasteiger partial charge in [-0.2, -0.15) is 0 Å². The highest BCUT2D eigenvalue weighted by Gasteiger charge is 2.09. The largest absolute Gasteiger partial charge is 0.511 e. The van der Waals surface area contributed by atoms with E-state index in [4.69, 9.17) is 9.84 Å². The minimum absolute atomic E-state index is 0.468. The Labute approximate surface area is 89.7 Å². The van der Waals surface area contributed by atoms with Crippen LogP contribution in [0.2, 0.25) is 0 Å². The van der Waals surface area contributed by atoms with Crippen LogP contribution >= 0.6 is 0 Å². The van der Waals surface area contributed by atoms with Crippen LogP contribution in [0.15, 0.2) is 18.2 Å². The first-order valence-electron chi connectivity index (χ1n) is 5.20. The molecule has 82 valence electrons. The first-order valence-corrected chi connectivity index (χ1v) is 5.20. The minimum Gasteiger partial charge on any atom is -0.449 e. The molecule has 0 bridgehead atoms. The number of carbonyl (C=O) groups is 1. The molecule has 0 spiro atoms. The Hall–Kier alpha value is -1.51. The van der Waals surface area contributed by atoms with Crippen molar-refractivity contribution in [2.75, 3.05) is 0 Å². The van der Waals surface area contributed by atoms with Crippen molar-refractivity contribution >= 4 is 6.16 Å². The summed E-state index contributed by atoms with van der Waals surface area (Å²) in [6, 6.07) is 5.56. The van der Waals surface area contributed by atoms with Crippen molar-refractivity contribution in [3.8, 4) is 5.75 Å². The third kappa shape index (κ3) is 2.98. The lowest BCUT2D eigenvalue weighted by molar-refractivity contribution is 0.144. The molecule has 0 fully saturated rings. The second-order valence-electron chi connectivity index (χ2n) is 3.37. The summed E-state index contributed by atoms with van der Waals surface area (Å²) in [6.45, 7) is 4.10. The van der Waals surface area contributed by atoms with E-state index in [1.54, 1.807) is 6.07 Å². The summed E-state index contributed by atoms with van der Waals surface area (Å²) in [7, 11) is 0. The molecule has 0 unspecified atom stereocenters. The van der Waals surface area contributed by atoms with E-state index in [-0.39, 0.29) is 0 Å². The molecule has 0 heterocycles. The molecule has 0 aliphatic carbocycles. The molecule has 3 heteroatoms. The Morgan fingerprint density at radius 2 is 2.13 bits per heavy atom.